The van der Waals surface area contributed by atoms with E-state index in [-0.39, 0.29) is 12.5 Å². The molecule has 2 saturated heterocycles. The third-order valence-corrected chi connectivity index (χ3v) is 4.18. The zero-order chi connectivity index (χ0) is 14.9. The van der Waals surface area contributed by atoms with E-state index in [9.17, 15) is 14.7 Å². The van der Waals surface area contributed by atoms with Crippen molar-refractivity contribution in [3.8, 4) is 0 Å². The van der Waals surface area contributed by atoms with Crippen molar-refractivity contribution in [1.29, 1.82) is 0 Å². The fraction of sp³-hybridized carbons (Fsp3) is 0.857. The number of piperidine rings is 1. The van der Waals surface area contributed by atoms with Gasteiger partial charge in [-0.3, -0.25) is 9.69 Å². The molecular formula is C14H25N3O3. The summed E-state index contributed by atoms with van der Waals surface area (Å²) in [6, 6.07) is -0.411. The zero-order valence-electron chi connectivity index (χ0n) is 12.6. The summed E-state index contributed by atoms with van der Waals surface area (Å²) in [4.78, 5) is 27.1. The van der Waals surface area contributed by atoms with Crippen LogP contribution >= 0.6 is 0 Å². The SMILES string of the molecule is CC1CCN(C[C@H](O)CN2C(=O)NC(C)(C)C2=O)CC1. The minimum Gasteiger partial charge on any atom is -0.390 e. The minimum atomic E-state index is -0.864. The van der Waals surface area contributed by atoms with Gasteiger partial charge in [0.05, 0.1) is 12.6 Å². The molecule has 2 aliphatic heterocycles. The Bertz CT molecular complexity index is 389. The maximum atomic E-state index is 12.0. The average molecular weight is 283 g/mol. The summed E-state index contributed by atoms with van der Waals surface area (Å²) in [7, 11) is 0. The smallest absolute Gasteiger partial charge is 0.325 e. The molecule has 0 radical (unpaired) electrons. The van der Waals surface area contributed by atoms with Gasteiger partial charge in [-0.1, -0.05) is 6.92 Å². The van der Waals surface area contributed by atoms with Crippen molar-refractivity contribution >= 4 is 11.9 Å². The van der Waals surface area contributed by atoms with Crippen LogP contribution in [-0.2, 0) is 4.79 Å². The van der Waals surface area contributed by atoms with Gasteiger partial charge in [-0.05, 0) is 45.7 Å². The van der Waals surface area contributed by atoms with Gasteiger partial charge in [0, 0.05) is 6.54 Å². The molecule has 2 fully saturated rings. The van der Waals surface area contributed by atoms with Crippen molar-refractivity contribution in [2.45, 2.75) is 45.3 Å². The van der Waals surface area contributed by atoms with E-state index >= 15 is 0 Å². The van der Waals surface area contributed by atoms with E-state index in [1.165, 1.54) is 0 Å². The highest BCUT2D eigenvalue weighted by atomic mass is 16.3. The predicted molar refractivity (Wildman–Crippen MR) is 75.2 cm³/mol. The van der Waals surface area contributed by atoms with Gasteiger partial charge in [0.1, 0.15) is 5.54 Å². The quantitative estimate of drug-likeness (QED) is 0.733. The fourth-order valence-corrected chi connectivity index (χ4v) is 2.79. The Morgan fingerprint density at radius 2 is 1.90 bits per heavy atom. The van der Waals surface area contributed by atoms with Crippen molar-refractivity contribution in [3.05, 3.63) is 0 Å². The van der Waals surface area contributed by atoms with E-state index < -0.39 is 17.7 Å². The third kappa shape index (κ3) is 3.30. The van der Waals surface area contributed by atoms with Gasteiger partial charge in [-0.15, -0.1) is 0 Å². The largest absolute Gasteiger partial charge is 0.390 e. The first-order valence-corrected chi connectivity index (χ1v) is 7.34. The van der Waals surface area contributed by atoms with Crippen LogP contribution in [0.5, 0.6) is 0 Å². The van der Waals surface area contributed by atoms with E-state index in [2.05, 4.69) is 17.1 Å². The number of carbonyl (C=O) groups excluding carboxylic acids is 2. The Morgan fingerprint density at radius 3 is 2.40 bits per heavy atom. The van der Waals surface area contributed by atoms with Crippen LogP contribution in [0, 0.1) is 5.92 Å². The highest BCUT2D eigenvalue weighted by Gasteiger charge is 2.44. The summed E-state index contributed by atoms with van der Waals surface area (Å²) >= 11 is 0. The Hall–Kier alpha value is -1.14. The number of rotatable bonds is 4. The van der Waals surface area contributed by atoms with Crippen LogP contribution in [0.3, 0.4) is 0 Å². The fourth-order valence-electron chi connectivity index (χ4n) is 2.79. The van der Waals surface area contributed by atoms with E-state index in [0.29, 0.717) is 6.54 Å². The number of nitrogens with one attached hydrogen (secondary N) is 1. The van der Waals surface area contributed by atoms with Crippen molar-refractivity contribution in [2.75, 3.05) is 26.2 Å². The van der Waals surface area contributed by atoms with Crippen LogP contribution in [0.1, 0.15) is 33.6 Å². The average Bonchev–Trinajstić information content (AvgIpc) is 2.55. The second-order valence-electron chi connectivity index (χ2n) is 6.61. The lowest BCUT2D eigenvalue weighted by atomic mass is 9.99. The molecule has 0 unspecified atom stereocenters. The van der Waals surface area contributed by atoms with Crippen molar-refractivity contribution in [3.63, 3.8) is 0 Å². The van der Waals surface area contributed by atoms with Crippen LogP contribution in [0.25, 0.3) is 0 Å². The highest BCUT2D eigenvalue weighted by molar-refractivity contribution is 6.06. The number of carbonyl (C=O) groups is 2. The van der Waals surface area contributed by atoms with Gasteiger partial charge in [0.25, 0.3) is 5.91 Å². The predicted octanol–water partition coefficient (Wildman–Crippen LogP) is 0.410. The molecule has 0 bridgehead atoms. The number of aliphatic hydroxyl groups excluding tert-OH is 1. The highest BCUT2D eigenvalue weighted by Crippen LogP contribution is 2.18. The van der Waals surface area contributed by atoms with Gasteiger partial charge in [0.2, 0.25) is 0 Å². The molecule has 0 aromatic heterocycles. The maximum Gasteiger partial charge on any atom is 0.325 e. The van der Waals surface area contributed by atoms with Gasteiger partial charge in [-0.2, -0.15) is 0 Å². The molecule has 20 heavy (non-hydrogen) atoms. The van der Waals surface area contributed by atoms with Crippen LogP contribution < -0.4 is 5.32 Å². The van der Waals surface area contributed by atoms with E-state index in [0.717, 1.165) is 36.7 Å². The molecule has 0 aliphatic carbocycles. The van der Waals surface area contributed by atoms with Gasteiger partial charge < -0.3 is 15.3 Å². The lowest BCUT2D eigenvalue weighted by Gasteiger charge is -2.32. The first kappa shape index (κ1) is 15.3. The van der Waals surface area contributed by atoms with E-state index in [4.69, 9.17) is 0 Å². The number of hydrogen-bond donors (Lipinski definition) is 2. The molecule has 114 valence electrons. The van der Waals surface area contributed by atoms with Crippen LogP contribution in [0.2, 0.25) is 0 Å². The normalized spacial score (nSPS) is 25.9. The van der Waals surface area contributed by atoms with Gasteiger partial charge >= 0.3 is 6.03 Å². The van der Waals surface area contributed by atoms with E-state index in [1.54, 1.807) is 13.8 Å². The van der Waals surface area contributed by atoms with Crippen molar-refractivity contribution < 1.29 is 14.7 Å². The standard InChI is InChI=1S/C14H25N3O3/c1-10-4-6-16(7-5-10)8-11(18)9-17-12(19)14(2,3)15-13(17)20/h10-11,18H,4-9H2,1-3H3,(H,15,20)/t11-/m0/s1. The molecule has 6 heteroatoms. The molecule has 0 aromatic rings. The summed E-state index contributed by atoms with van der Waals surface area (Å²) < 4.78 is 0. The molecule has 2 heterocycles. The van der Waals surface area contributed by atoms with Gasteiger partial charge in [0.15, 0.2) is 0 Å². The summed E-state index contributed by atoms with van der Waals surface area (Å²) in [5.41, 5.74) is -0.864. The summed E-state index contributed by atoms with van der Waals surface area (Å²) in [5, 5.41) is 12.7. The lowest BCUT2D eigenvalue weighted by Crippen LogP contribution is -2.45. The number of urea groups is 1. The molecule has 1 atom stereocenters. The first-order valence-electron chi connectivity index (χ1n) is 7.34. The Morgan fingerprint density at radius 1 is 1.30 bits per heavy atom. The maximum absolute atomic E-state index is 12.0. The number of hydrogen-bond acceptors (Lipinski definition) is 4. The Kier molecular flexibility index (Phi) is 4.34. The summed E-state index contributed by atoms with van der Waals surface area (Å²) in [6.45, 7) is 8.12. The first-order chi connectivity index (χ1) is 9.29. The number of β-amino-alcohol motifs (C(OH)–C–C–N with tert-alkyl or cyclic N) is 1. The minimum absolute atomic E-state index is 0.0696. The van der Waals surface area contributed by atoms with Crippen molar-refractivity contribution in [2.24, 2.45) is 5.92 Å². The molecule has 2 aliphatic rings. The Labute approximate surface area is 120 Å². The Balaban J connectivity index is 1.84. The lowest BCUT2D eigenvalue weighted by molar-refractivity contribution is -0.131. The molecular weight excluding hydrogens is 258 g/mol. The second-order valence-corrected chi connectivity index (χ2v) is 6.61. The van der Waals surface area contributed by atoms with Crippen LogP contribution in [0.4, 0.5) is 4.79 Å². The zero-order valence-corrected chi connectivity index (χ0v) is 12.6. The number of likely N-dealkylation sites (tertiary alicyclic amines) is 1. The van der Waals surface area contributed by atoms with Crippen LogP contribution in [0.15, 0.2) is 0 Å². The second kappa shape index (κ2) is 5.69. The summed E-state index contributed by atoms with van der Waals surface area (Å²) in [5.74, 6) is 0.476. The monoisotopic (exact) mass is 283 g/mol. The van der Waals surface area contributed by atoms with E-state index in [1.807, 2.05) is 0 Å². The molecule has 2 N–H and O–H groups in total. The molecule has 0 spiro atoms. The molecule has 2 rings (SSSR count). The number of imide groups is 1. The number of nitrogens with zero attached hydrogens (tertiary/aromatic N) is 2. The van der Waals surface area contributed by atoms with Crippen molar-refractivity contribution in [1.82, 2.24) is 15.1 Å². The molecule has 3 amide bonds. The molecule has 0 saturated carbocycles. The number of amides is 3. The number of aliphatic hydroxyl groups is 1. The topological polar surface area (TPSA) is 72.9 Å². The molecule has 0 aromatic carbocycles. The molecule has 6 nitrogen and oxygen atoms in total. The summed E-state index contributed by atoms with van der Waals surface area (Å²) in [6.07, 6.45) is 1.60. The van der Waals surface area contributed by atoms with Crippen LogP contribution in [-0.4, -0.2) is 64.7 Å². The third-order valence-electron chi connectivity index (χ3n) is 4.18. The van der Waals surface area contributed by atoms with Gasteiger partial charge in [-0.25, -0.2) is 4.79 Å².